The molecule has 25 heavy (non-hydrogen) atoms. The SMILES string of the molecule is CCc1cc2c(Nc3cccc(O)c3)nc(-c3ccccc3)nc2s1. The van der Waals surface area contributed by atoms with E-state index in [2.05, 4.69) is 18.3 Å². The van der Waals surface area contributed by atoms with Crippen LogP contribution < -0.4 is 5.32 Å². The number of nitrogens with zero attached hydrogens (tertiary/aromatic N) is 2. The van der Waals surface area contributed by atoms with Crippen LogP contribution >= 0.6 is 11.3 Å². The second kappa shape index (κ2) is 6.53. The maximum atomic E-state index is 9.71. The van der Waals surface area contributed by atoms with Crippen LogP contribution in [0.15, 0.2) is 60.7 Å². The van der Waals surface area contributed by atoms with Crippen molar-refractivity contribution in [3.8, 4) is 17.1 Å². The summed E-state index contributed by atoms with van der Waals surface area (Å²) in [6.45, 7) is 2.14. The van der Waals surface area contributed by atoms with Crippen molar-refractivity contribution in [2.75, 3.05) is 5.32 Å². The second-order valence-electron chi connectivity index (χ2n) is 5.72. The van der Waals surface area contributed by atoms with Gasteiger partial charge in [-0.15, -0.1) is 11.3 Å². The number of aryl methyl sites for hydroxylation is 1. The molecule has 124 valence electrons. The van der Waals surface area contributed by atoms with Crippen LogP contribution in [-0.4, -0.2) is 15.1 Å². The first-order valence-electron chi connectivity index (χ1n) is 8.15. The van der Waals surface area contributed by atoms with Gasteiger partial charge in [-0.05, 0) is 24.6 Å². The summed E-state index contributed by atoms with van der Waals surface area (Å²) >= 11 is 1.69. The zero-order valence-electron chi connectivity index (χ0n) is 13.7. The van der Waals surface area contributed by atoms with Crippen molar-refractivity contribution in [3.05, 3.63) is 65.5 Å². The summed E-state index contributed by atoms with van der Waals surface area (Å²) in [5.41, 5.74) is 1.78. The number of aromatic nitrogens is 2. The van der Waals surface area contributed by atoms with E-state index in [0.29, 0.717) is 5.82 Å². The van der Waals surface area contributed by atoms with Crippen LogP contribution in [0.2, 0.25) is 0 Å². The number of phenols is 1. The Labute approximate surface area is 149 Å². The molecule has 0 spiro atoms. The number of thiophene rings is 1. The van der Waals surface area contributed by atoms with Gasteiger partial charge in [0.15, 0.2) is 5.82 Å². The van der Waals surface area contributed by atoms with Gasteiger partial charge in [-0.1, -0.05) is 43.3 Å². The molecule has 2 aromatic carbocycles. The maximum absolute atomic E-state index is 9.71. The first-order valence-corrected chi connectivity index (χ1v) is 8.96. The Bertz CT molecular complexity index is 1030. The predicted molar refractivity (Wildman–Crippen MR) is 104 cm³/mol. The summed E-state index contributed by atoms with van der Waals surface area (Å²) in [4.78, 5) is 11.7. The van der Waals surface area contributed by atoms with E-state index in [1.165, 1.54) is 4.88 Å². The standard InChI is InChI=1S/C20H17N3OS/c1-2-16-12-17-19(21-14-9-6-10-15(24)11-14)22-18(23-20(17)25-16)13-7-4-3-5-8-13/h3-12,24H,2H2,1H3,(H,21,22,23). The van der Waals surface area contributed by atoms with Crippen molar-refractivity contribution < 1.29 is 5.11 Å². The van der Waals surface area contributed by atoms with Gasteiger partial charge in [-0.25, -0.2) is 9.97 Å². The molecule has 4 rings (SSSR count). The van der Waals surface area contributed by atoms with Crippen molar-refractivity contribution in [1.82, 2.24) is 9.97 Å². The summed E-state index contributed by atoms with van der Waals surface area (Å²) in [6, 6.07) is 19.1. The minimum atomic E-state index is 0.221. The number of aromatic hydroxyl groups is 1. The Balaban J connectivity index is 1.86. The maximum Gasteiger partial charge on any atom is 0.163 e. The van der Waals surface area contributed by atoms with E-state index in [4.69, 9.17) is 9.97 Å². The molecule has 2 aromatic heterocycles. The van der Waals surface area contributed by atoms with Gasteiger partial charge in [0.25, 0.3) is 0 Å². The van der Waals surface area contributed by atoms with E-state index in [-0.39, 0.29) is 5.75 Å². The molecule has 0 atom stereocenters. The molecular weight excluding hydrogens is 330 g/mol. The van der Waals surface area contributed by atoms with E-state index in [1.807, 2.05) is 36.4 Å². The Kier molecular flexibility index (Phi) is 4.07. The Morgan fingerprint density at radius 1 is 1.00 bits per heavy atom. The van der Waals surface area contributed by atoms with E-state index in [0.717, 1.165) is 33.7 Å². The van der Waals surface area contributed by atoms with Gasteiger partial charge in [0.05, 0.1) is 5.39 Å². The Morgan fingerprint density at radius 2 is 1.84 bits per heavy atom. The van der Waals surface area contributed by atoms with Gasteiger partial charge in [0.2, 0.25) is 0 Å². The lowest BCUT2D eigenvalue weighted by molar-refractivity contribution is 0.475. The molecular formula is C20H17N3OS. The molecule has 2 heterocycles. The van der Waals surface area contributed by atoms with Crippen LogP contribution in [0.3, 0.4) is 0 Å². The molecule has 4 aromatic rings. The van der Waals surface area contributed by atoms with Crippen molar-refractivity contribution in [2.24, 2.45) is 0 Å². The van der Waals surface area contributed by atoms with Crippen molar-refractivity contribution in [1.29, 1.82) is 0 Å². The lowest BCUT2D eigenvalue weighted by Crippen LogP contribution is -1.98. The molecule has 4 nitrogen and oxygen atoms in total. The van der Waals surface area contributed by atoms with Crippen LogP contribution in [0.5, 0.6) is 5.75 Å². The van der Waals surface area contributed by atoms with Crippen LogP contribution in [0.4, 0.5) is 11.5 Å². The van der Waals surface area contributed by atoms with Crippen LogP contribution in [0.25, 0.3) is 21.6 Å². The van der Waals surface area contributed by atoms with Crippen molar-refractivity contribution >= 4 is 33.1 Å². The smallest absolute Gasteiger partial charge is 0.163 e. The highest BCUT2D eigenvalue weighted by atomic mass is 32.1. The van der Waals surface area contributed by atoms with Crippen LogP contribution in [0, 0.1) is 0 Å². The molecule has 0 aliphatic carbocycles. The van der Waals surface area contributed by atoms with E-state index < -0.39 is 0 Å². The summed E-state index contributed by atoms with van der Waals surface area (Å²) in [5.74, 6) is 1.67. The number of nitrogens with one attached hydrogen (secondary N) is 1. The summed E-state index contributed by atoms with van der Waals surface area (Å²) in [5, 5.41) is 14.0. The molecule has 0 radical (unpaired) electrons. The highest BCUT2D eigenvalue weighted by Crippen LogP contribution is 2.33. The summed E-state index contributed by atoms with van der Waals surface area (Å²) in [7, 11) is 0. The van der Waals surface area contributed by atoms with Gasteiger partial charge < -0.3 is 10.4 Å². The molecule has 0 saturated heterocycles. The van der Waals surface area contributed by atoms with Gasteiger partial charge >= 0.3 is 0 Å². The number of hydrogen-bond acceptors (Lipinski definition) is 5. The number of fused-ring (bicyclic) bond motifs is 1. The molecule has 0 aliphatic rings. The summed E-state index contributed by atoms with van der Waals surface area (Å²) < 4.78 is 0. The molecule has 5 heteroatoms. The van der Waals surface area contributed by atoms with Gasteiger partial charge in [-0.3, -0.25) is 0 Å². The summed E-state index contributed by atoms with van der Waals surface area (Å²) in [6.07, 6.45) is 0.966. The number of hydrogen-bond donors (Lipinski definition) is 2. The van der Waals surface area contributed by atoms with E-state index in [9.17, 15) is 5.11 Å². The third-order valence-corrected chi connectivity index (χ3v) is 5.11. The normalized spacial score (nSPS) is 10.9. The fourth-order valence-corrected chi connectivity index (χ4v) is 3.64. The highest BCUT2D eigenvalue weighted by molar-refractivity contribution is 7.18. The molecule has 2 N–H and O–H groups in total. The minimum absolute atomic E-state index is 0.221. The monoisotopic (exact) mass is 347 g/mol. The Hall–Kier alpha value is -2.92. The predicted octanol–water partition coefficient (Wildman–Crippen LogP) is 5.37. The van der Waals surface area contributed by atoms with Crippen LogP contribution in [-0.2, 0) is 6.42 Å². The molecule has 0 unspecified atom stereocenters. The largest absolute Gasteiger partial charge is 0.508 e. The first-order chi connectivity index (χ1) is 12.2. The topological polar surface area (TPSA) is 58.0 Å². The second-order valence-corrected chi connectivity index (χ2v) is 6.84. The van der Waals surface area contributed by atoms with Crippen molar-refractivity contribution in [2.45, 2.75) is 13.3 Å². The average Bonchev–Trinajstić information content (AvgIpc) is 3.06. The number of benzene rings is 2. The quantitative estimate of drug-likeness (QED) is 0.521. The number of rotatable bonds is 4. The fourth-order valence-electron chi connectivity index (χ4n) is 2.68. The van der Waals surface area contributed by atoms with Crippen molar-refractivity contribution in [3.63, 3.8) is 0 Å². The first kappa shape index (κ1) is 15.6. The lowest BCUT2D eigenvalue weighted by Gasteiger charge is -2.09. The molecule has 0 bridgehead atoms. The third kappa shape index (κ3) is 3.19. The van der Waals surface area contributed by atoms with Gasteiger partial charge in [-0.2, -0.15) is 0 Å². The average molecular weight is 347 g/mol. The third-order valence-electron chi connectivity index (χ3n) is 3.93. The van der Waals surface area contributed by atoms with E-state index in [1.54, 1.807) is 29.5 Å². The van der Waals surface area contributed by atoms with E-state index >= 15 is 0 Å². The number of anilines is 2. The van der Waals surface area contributed by atoms with Gasteiger partial charge in [0, 0.05) is 22.2 Å². The minimum Gasteiger partial charge on any atom is -0.508 e. The molecule has 0 fully saturated rings. The lowest BCUT2D eigenvalue weighted by atomic mass is 10.2. The molecule has 0 aliphatic heterocycles. The van der Waals surface area contributed by atoms with Crippen LogP contribution in [0.1, 0.15) is 11.8 Å². The molecule has 0 saturated carbocycles. The number of phenolic OH excluding ortho intramolecular Hbond substituents is 1. The van der Waals surface area contributed by atoms with Gasteiger partial charge in [0.1, 0.15) is 16.4 Å². The Morgan fingerprint density at radius 3 is 2.60 bits per heavy atom. The highest BCUT2D eigenvalue weighted by Gasteiger charge is 2.13. The fraction of sp³-hybridized carbons (Fsp3) is 0.100. The zero-order chi connectivity index (χ0) is 17.2. The molecule has 0 amide bonds. The zero-order valence-corrected chi connectivity index (χ0v) is 14.5.